The van der Waals surface area contributed by atoms with Gasteiger partial charge in [0.2, 0.25) is 0 Å². The number of rotatable bonds is 3. The highest BCUT2D eigenvalue weighted by Crippen LogP contribution is 2.48. The van der Waals surface area contributed by atoms with Crippen LogP contribution < -0.4 is 0 Å². The summed E-state index contributed by atoms with van der Waals surface area (Å²) in [6.07, 6.45) is 6.12. The van der Waals surface area contributed by atoms with Gasteiger partial charge in [0.1, 0.15) is 5.82 Å². The molecule has 4 nitrogen and oxygen atoms in total. The van der Waals surface area contributed by atoms with Gasteiger partial charge in [0, 0.05) is 24.5 Å². The van der Waals surface area contributed by atoms with Crippen molar-refractivity contribution in [2.75, 3.05) is 13.2 Å². The highest BCUT2D eigenvalue weighted by Gasteiger charge is 2.50. The molecule has 3 heterocycles. The predicted octanol–water partition coefficient (Wildman–Crippen LogP) is 4.63. The highest BCUT2D eigenvalue weighted by molar-refractivity contribution is 5.94. The fourth-order valence-electron chi connectivity index (χ4n) is 4.82. The number of pyridine rings is 1. The molecule has 2 fully saturated rings. The topological polar surface area (TPSA) is 42.4 Å². The van der Waals surface area contributed by atoms with E-state index in [0.717, 1.165) is 31.4 Å². The van der Waals surface area contributed by atoms with Gasteiger partial charge < -0.3 is 9.64 Å². The quantitative estimate of drug-likeness (QED) is 0.777. The lowest BCUT2D eigenvalue weighted by Crippen LogP contribution is -2.55. The second-order valence-corrected chi connectivity index (χ2v) is 8.42. The van der Waals surface area contributed by atoms with E-state index in [0.29, 0.717) is 18.1 Å². The normalized spacial score (nSPS) is 27.5. The lowest BCUT2D eigenvalue weighted by atomic mass is 9.73. The van der Waals surface area contributed by atoms with Crippen LogP contribution in [0.2, 0.25) is 0 Å². The molecule has 5 heteroatoms. The van der Waals surface area contributed by atoms with Gasteiger partial charge in [0.05, 0.1) is 18.2 Å². The first kappa shape index (κ1) is 19.1. The van der Waals surface area contributed by atoms with E-state index in [-0.39, 0.29) is 29.3 Å². The Morgan fingerprint density at radius 1 is 1.21 bits per heavy atom. The summed E-state index contributed by atoms with van der Waals surface area (Å²) in [5.74, 6) is 0.490. The summed E-state index contributed by atoms with van der Waals surface area (Å²) in [7, 11) is 0. The van der Waals surface area contributed by atoms with Crippen LogP contribution in [-0.2, 0) is 4.74 Å². The largest absolute Gasteiger partial charge is 0.371 e. The van der Waals surface area contributed by atoms with E-state index in [4.69, 9.17) is 4.74 Å². The van der Waals surface area contributed by atoms with Gasteiger partial charge in [-0.05, 0) is 60.9 Å². The van der Waals surface area contributed by atoms with Crippen molar-refractivity contribution in [1.82, 2.24) is 9.88 Å². The van der Waals surface area contributed by atoms with E-state index in [2.05, 4.69) is 18.8 Å². The van der Waals surface area contributed by atoms with Crippen LogP contribution in [0.15, 0.2) is 48.8 Å². The van der Waals surface area contributed by atoms with Crippen LogP contribution >= 0.6 is 0 Å². The molecule has 3 atom stereocenters. The number of carbonyl (C=O) groups excluding carboxylic acids is 1. The van der Waals surface area contributed by atoms with Crippen molar-refractivity contribution >= 4 is 5.91 Å². The Morgan fingerprint density at radius 3 is 2.61 bits per heavy atom. The molecule has 2 aliphatic heterocycles. The Balaban J connectivity index is 1.60. The van der Waals surface area contributed by atoms with Crippen molar-refractivity contribution in [2.24, 2.45) is 11.8 Å². The third-order valence-corrected chi connectivity index (χ3v) is 6.36. The van der Waals surface area contributed by atoms with E-state index in [9.17, 15) is 9.18 Å². The van der Waals surface area contributed by atoms with Gasteiger partial charge in [0.15, 0.2) is 0 Å². The van der Waals surface area contributed by atoms with Crippen LogP contribution in [0.1, 0.15) is 55.1 Å². The molecule has 2 saturated heterocycles. The minimum Gasteiger partial charge on any atom is -0.371 e. The molecule has 0 radical (unpaired) electrons. The van der Waals surface area contributed by atoms with Gasteiger partial charge >= 0.3 is 0 Å². The molecule has 0 saturated carbocycles. The molecule has 1 aromatic heterocycles. The number of carbonyl (C=O) groups is 1. The van der Waals surface area contributed by atoms with Crippen molar-refractivity contribution < 1.29 is 13.9 Å². The Morgan fingerprint density at radius 2 is 1.93 bits per heavy atom. The van der Waals surface area contributed by atoms with Crippen LogP contribution in [0, 0.1) is 17.7 Å². The minimum absolute atomic E-state index is 0.0613. The van der Waals surface area contributed by atoms with E-state index in [1.165, 1.54) is 12.1 Å². The van der Waals surface area contributed by atoms with Crippen molar-refractivity contribution in [3.05, 3.63) is 65.7 Å². The van der Waals surface area contributed by atoms with Crippen molar-refractivity contribution in [3.8, 4) is 0 Å². The molecule has 1 amide bonds. The Hall–Kier alpha value is -2.27. The first-order valence-corrected chi connectivity index (χ1v) is 10.1. The van der Waals surface area contributed by atoms with E-state index in [1.807, 2.05) is 17.0 Å². The maximum atomic E-state index is 13.4. The Labute approximate surface area is 165 Å². The molecule has 1 aromatic carbocycles. The third kappa shape index (κ3) is 3.44. The molecule has 2 aromatic rings. The number of aromatic nitrogens is 1. The van der Waals surface area contributed by atoms with Crippen molar-refractivity contribution in [3.63, 3.8) is 0 Å². The minimum atomic E-state index is -0.258. The first-order valence-electron chi connectivity index (χ1n) is 10.1. The maximum absolute atomic E-state index is 13.4. The smallest absolute Gasteiger partial charge is 0.254 e. The number of halogens is 1. The second kappa shape index (κ2) is 7.63. The fraction of sp³-hybridized carbons (Fsp3) is 0.478. The molecule has 0 unspecified atom stereocenters. The van der Waals surface area contributed by atoms with E-state index < -0.39 is 0 Å². The molecule has 0 N–H and O–H groups in total. The SMILES string of the molecule is CC(C)[C@@H]1C[C@@]2(CCCN2C(=O)c2ccncc2)CO[C@H]1c1ccc(F)cc1. The zero-order chi connectivity index (χ0) is 19.7. The third-order valence-electron chi connectivity index (χ3n) is 6.36. The number of ether oxygens (including phenoxy) is 1. The summed E-state index contributed by atoms with van der Waals surface area (Å²) in [4.78, 5) is 19.2. The lowest BCUT2D eigenvalue weighted by molar-refractivity contribution is -0.112. The summed E-state index contributed by atoms with van der Waals surface area (Å²) in [5.41, 5.74) is 1.43. The lowest BCUT2D eigenvalue weighted by Gasteiger charge is -2.48. The summed E-state index contributed by atoms with van der Waals surface area (Å²) >= 11 is 0. The molecule has 0 bridgehead atoms. The predicted molar refractivity (Wildman–Crippen MR) is 105 cm³/mol. The summed E-state index contributed by atoms with van der Waals surface area (Å²) in [5, 5.41) is 0. The summed E-state index contributed by atoms with van der Waals surface area (Å²) in [6.45, 7) is 5.69. The average Bonchev–Trinajstić information content (AvgIpc) is 3.11. The van der Waals surface area contributed by atoms with Gasteiger partial charge in [-0.1, -0.05) is 26.0 Å². The van der Waals surface area contributed by atoms with Crippen LogP contribution in [0.25, 0.3) is 0 Å². The molecule has 0 aliphatic carbocycles. The van der Waals surface area contributed by atoms with Gasteiger partial charge in [-0.25, -0.2) is 4.39 Å². The Bertz CT molecular complexity index is 824. The molecule has 2 aliphatic rings. The molecule has 1 spiro atoms. The number of nitrogens with zero attached hydrogens (tertiary/aromatic N) is 2. The highest BCUT2D eigenvalue weighted by atomic mass is 19.1. The zero-order valence-electron chi connectivity index (χ0n) is 16.5. The molecule has 28 heavy (non-hydrogen) atoms. The van der Waals surface area contributed by atoms with E-state index in [1.54, 1.807) is 24.5 Å². The van der Waals surface area contributed by atoms with Gasteiger partial charge in [-0.2, -0.15) is 0 Å². The molecule has 4 rings (SSSR count). The van der Waals surface area contributed by atoms with Gasteiger partial charge in [-0.15, -0.1) is 0 Å². The van der Waals surface area contributed by atoms with Crippen LogP contribution in [-0.4, -0.2) is 34.5 Å². The summed E-state index contributed by atoms with van der Waals surface area (Å²) in [6, 6.07) is 10.2. The van der Waals surface area contributed by atoms with Crippen molar-refractivity contribution in [1.29, 1.82) is 0 Å². The summed E-state index contributed by atoms with van der Waals surface area (Å²) < 4.78 is 19.8. The standard InChI is InChI=1S/C23H27FN2O2/c1-16(2)20-14-23(15-28-21(20)17-4-6-19(24)7-5-17)10-3-13-26(23)22(27)18-8-11-25-12-9-18/h4-9,11-12,16,20-21H,3,10,13-15H2,1-2H3/t20-,21-,23-/m0/s1. The van der Waals surface area contributed by atoms with Crippen LogP contribution in [0.3, 0.4) is 0 Å². The molecular weight excluding hydrogens is 355 g/mol. The number of amides is 1. The van der Waals surface area contributed by atoms with Crippen LogP contribution in [0.5, 0.6) is 0 Å². The average molecular weight is 382 g/mol. The monoisotopic (exact) mass is 382 g/mol. The second-order valence-electron chi connectivity index (χ2n) is 8.42. The van der Waals surface area contributed by atoms with E-state index >= 15 is 0 Å². The van der Waals surface area contributed by atoms with Crippen molar-refractivity contribution in [2.45, 2.75) is 44.8 Å². The number of benzene rings is 1. The van der Waals surface area contributed by atoms with Gasteiger partial charge in [-0.3, -0.25) is 9.78 Å². The first-order chi connectivity index (χ1) is 13.5. The number of hydrogen-bond donors (Lipinski definition) is 0. The number of hydrogen-bond acceptors (Lipinski definition) is 3. The maximum Gasteiger partial charge on any atom is 0.254 e. The van der Waals surface area contributed by atoms with Crippen LogP contribution in [0.4, 0.5) is 4.39 Å². The van der Waals surface area contributed by atoms with Gasteiger partial charge in [0.25, 0.3) is 5.91 Å². The zero-order valence-corrected chi connectivity index (χ0v) is 16.5. The Kier molecular flexibility index (Phi) is 5.19. The molecular formula is C23H27FN2O2. The molecule has 148 valence electrons. The number of likely N-dealkylation sites (tertiary alicyclic amines) is 1. The fourth-order valence-corrected chi connectivity index (χ4v) is 4.82.